The van der Waals surface area contributed by atoms with Crippen molar-refractivity contribution in [2.45, 2.75) is 13.8 Å². The summed E-state index contributed by atoms with van der Waals surface area (Å²) in [7, 11) is -10.8. The van der Waals surface area contributed by atoms with Crippen LogP contribution in [0.25, 0.3) is 0 Å². The molecule has 180 valence electrons. The maximum absolute atomic E-state index is 10.8. The third kappa shape index (κ3) is 17.4. The smallest absolute Gasteiger partial charge is 0.412 e. The molecule has 0 unspecified atom stereocenters. The van der Waals surface area contributed by atoms with E-state index in [2.05, 4.69) is 11.5 Å². The van der Waals surface area contributed by atoms with Crippen LogP contribution in [0.1, 0.15) is 11.1 Å². The zero-order valence-corrected chi connectivity index (χ0v) is 17.2. The second-order valence-corrected chi connectivity index (χ2v) is 7.95. The monoisotopic (exact) mass is 484 g/mol. The maximum atomic E-state index is 10.2. The van der Waals surface area contributed by atoms with E-state index in [4.69, 9.17) is 0 Å². The van der Waals surface area contributed by atoms with E-state index in [9.17, 15) is 44.9 Å². The molecule has 2 aromatic carbocycles. The van der Waals surface area contributed by atoms with E-state index in [0.717, 1.165) is 22.5 Å². The molecule has 10 nitrogen and oxygen atoms in total. The molecule has 2 rings (SSSR count). The van der Waals surface area contributed by atoms with Crippen molar-refractivity contribution in [1.82, 2.24) is 0 Å². The van der Waals surface area contributed by atoms with E-state index in [0.29, 0.717) is 0 Å². The van der Waals surface area contributed by atoms with Crippen LogP contribution in [0.5, 0.6) is 0 Å². The molecule has 2 aromatic rings. The summed E-state index contributed by atoms with van der Waals surface area (Å²) in [4.78, 5) is 19.7. The van der Waals surface area contributed by atoms with Crippen molar-refractivity contribution in [2.24, 2.45) is 0 Å². The van der Waals surface area contributed by atoms with Crippen LogP contribution in [0.4, 0.5) is 47.4 Å². The third-order valence-electron chi connectivity index (χ3n) is 3.07. The fraction of sp³-hybridized carbons (Fsp3) is 0.143. The SMILES string of the molecule is Cc1cc([N+](=O)[O-])ccc1[NH3+].Cc1cc([N+](=O)[O-])ccc1[NH3+].F[Si-2](F)(F)(F)(F)F.O.O. The predicted molar refractivity (Wildman–Crippen MR) is 100 cm³/mol. The number of hydrogen-bond acceptors (Lipinski definition) is 4. The number of nitrogens with zero attached hydrogens (tertiary/aromatic N) is 2. The molecule has 10 N–H and O–H groups in total. The van der Waals surface area contributed by atoms with Crippen molar-refractivity contribution in [3.63, 3.8) is 0 Å². The summed E-state index contributed by atoms with van der Waals surface area (Å²) in [6, 6.07) is 9.23. The largest absolute Gasteiger partial charge is 0.412 e. The van der Waals surface area contributed by atoms with Crippen LogP contribution >= 0.6 is 0 Å². The van der Waals surface area contributed by atoms with E-state index >= 15 is 0 Å². The molecule has 0 amide bonds. The first-order chi connectivity index (χ1) is 12.7. The molecule has 0 fully saturated rings. The molecule has 0 heterocycles. The predicted octanol–water partition coefficient (Wildman–Crippen LogP) is 2.04. The van der Waals surface area contributed by atoms with Gasteiger partial charge in [0.1, 0.15) is 11.4 Å². The van der Waals surface area contributed by atoms with Crippen molar-refractivity contribution in [3.05, 3.63) is 67.8 Å². The van der Waals surface area contributed by atoms with Gasteiger partial charge in [-0.2, -0.15) is 0 Å². The molecular weight excluding hydrogens is 462 g/mol. The molecule has 0 saturated carbocycles. The van der Waals surface area contributed by atoms with Crippen molar-refractivity contribution in [1.29, 1.82) is 0 Å². The van der Waals surface area contributed by atoms with E-state index in [1.165, 1.54) is 24.3 Å². The van der Waals surface area contributed by atoms with Gasteiger partial charge in [0.05, 0.1) is 9.85 Å². The van der Waals surface area contributed by atoms with Crippen molar-refractivity contribution < 1.29 is 56.9 Å². The fourth-order valence-electron chi connectivity index (χ4n) is 1.59. The molecular formula is C14H22F6N4O6Si. The number of benzene rings is 2. The first-order valence-electron chi connectivity index (χ1n) is 7.49. The van der Waals surface area contributed by atoms with Crippen LogP contribution in [0, 0.1) is 34.1 Å². The van der Waals surface area contributed by atoms with E-state index < -0.39 is 18.5 Å². The van der Waals surface area contributed by atoms with Crippen LogP contribution in [0.3, 0.4) is 0 Å². The molecule has 31 heavy (non-hydrogen) atoms. The Morgan fingerprint density at radius 1 is 0.710 bits per heavy atom. The summed E-state index contributed by atoms with van der Waals surface area (Å²) in [6.45, 7) is 3.60. The Balaban J connectivity index is -0.000000378. The molecule has 0 radical (unpaired) electrons. The van der Waals surface area contributed by atoms with Gasteiger partial charge in [0.2, 0.25) is 0 Å². The second kappa shape index (κ2) is 10.3. The number of nitro benzene ring substituents is 2. The third-order valence-corrected chi connectivity index (χ3v) is 3.07. The Kier molecular flexibility index (Phi) is 10.8. The number of nitro groups is 2. The zero-order valence-electron chi connectivity index (χ0n) is 16.2. The summed E-state index contributed by atoms with van der Waals surface area (Å²) in [5.74, 6) is 0. The van der Waals surface area contributed by atoms with Crippen molar-refractivity contribution >= 4 is 31.4 Å². The molecule has 0 aromatic heterocycles. The van der Waals surface area contributed by atoms with Crippen LogP contribution in [0.15, 0.2) is 36.4 Å². The fourth-order valence-corrected chi connectivity index (χ4v) is 1.59. The average Bonchev–Trinajstić information content (AvgIpc) is 2.50. The second-order valence-electron chi connectivity index (χ2n) is 5.81. The van der Waals surface area contributed by atoms with Gasteiger partial charge in [-0.3, -0.25) is 20.2 Å². The van der Waals surface area contributed by atoms with Gasteiger partial charge >= 0.3 is 33.3 Å². The number of halogens is 6. The summed E-state index contributed by atoms with van der Waals surface area (Å²) in [5.41, 5.74) is 11.0. The number of hydrogen-bond donors (Lipinski definition) is 2. The standard InChI is InChI=1S/2C7H8N2O2.F6Si.2H2O/c2*1-5-4-6(9(10)11)2-3-7(5)8;1-7(2,3,4,5)6;;/h2*2-4H,8H2,1H3;;2*1H2/q;;-2;;/p+2. The molecule has 0 bridgehead atoms. The Morgan fingerprint density at radius 3 is 1.10 bits per heavy atom. The Hall–Kier alpha value is -3.12. The van der Waals surface area contributed by atoms with Gasteiger partial charge in [-0.15, -0.1) is 0 Å². The van der Waals surface area contributed by atoms with Crippen LogP contribution in [-0.2, 0) is 0 Å². The minimum absolute atomic E-state index is 0. The van der Waals surface area contributed by atoms with Gasteiger partial charge in [0, 0.05) is 47.5 Å². The first-order valence-corrected chi connectivity index (χ1v) is 9.76. The minimum atomic E-state index is -10.8. The number of non-ortho nitro benzene ring substituents is 2. The van der Waals surface area contributed by atoms with E-state index in [-0.39, 0.29) is 22.3 Å². The summed E-state index contributed by atoms with van der Waals surface area (Å²) in [5, 5.41) is 20.5. The van der Waals surface area contributed by atoms with Crippen LogP contribution < -0.4 is 11.5 Å². The van der Waals surface area contributed by atoms with E-state index in [1.807, 2.05) is 0 Å². The summed E-state index contributed by atoms with van der Waals surface area (Å²) < 4.78 is 59.3. The average molecular weight is 484 g/mol. The Morgan fingerprint density at radius 2 is 0.935 bits per heavy atom. The van der Waals surface area contributed by atoms with Gasteiger partial charge in [0.25, 0.3) is 11.4 Å². The van der Waals surface area contributed by atoms with Crippen molar-refractivity contribution in [2.75, 3.05) is 0 Å². The molecule has 0 saturated heterocycles. The molecule has 0 spiro atoms. The van der Waals surface area contributed by atoms with Gasteiger partial charge < -0.3 is 22.4 Å². The van der Waals surface area contributed by atoms with Gasteiger partial charge in [-0.1, -0.05) is 0 Å². The quantitative estimate of drug-likeness (QED) is 0.216. The molecule has 0 aliphatic carbocycles. The normalized spacial score (nSPS) is 12.1. The molecule has 0 atom stereocenters. The van der Waals surface area contributed by atoms with Gasteiger partial charge in [0.15, 0.2) is 0 Å². The Bertz CT molecular complexity index is 855. The van der Waals surface area contributed by atoms with Crippen LogP contribution in [-0.4, -0.2) is 29.4 Å². The summed E-state index contributed by atoms with van der Waals surface area (Å²) in [6.07, 6.45) is 0. The van der Waals surface area contributed by atoms with Gasteiger partial charge in [-0.25, -0.2) is 0 Å². The number of rotatable bonds is 2. The van der Waals surface area contributed by atoms with Gasteiger partial charge in [-0.05, 0) is 13.8 Å². The molecule has 0 aliphatic heterocycles. The first kappa shape index (κ1) is 32.5. The zero-order chi connectivity index (χ0) is 23.3. The number of quaternary nitrogens is 2. The van der Waals surface area contributed by atoms with Crippen LogP contribution in [0.2, 0.25) is 0 Å². The maximum Gasteiger partial charge on any atom is -0.412 e. The van der Waals surface area contributed by atoms with Crippen molar-refractivity contribution in [3.8, 4) is 0 Å². The van der Waals surface area contributed by atoms with E-state index in [1.54, 1.807) is 26.0 Å². The topological polar surface area (TPSA) is 205 Å². The number of aryl methyl sites for hydroxylation is 2. The minimum Gasteiger partial charge on any atom is -0.412 e. The molecule has 17 heteroatoms. The summed E-state index contributed by atoms with van der Waals surface area (Å²) >= 11 is 0. The Labute approximate surface area is 170 Å². The molecule has 0 aliphatic rings.